The minimum Gasteiger partial charge on any atom is -0.383 e. The Bertz CT molecular complexity index is 3760. The number of imidazole rings is 4. The number of rotatable bonds is 8. The van der Waals surface area contributed by atoms with Gasteiger partial charge in [-0.05, 0) is 70.8 Å². The number of aromatic amines is 4. The van der Waals surface area contributed by atoms with E-state index in [4.69, 9.17) is 30.6 Å². The second kappa shape index (κ2) is 21.5. The maximum atomic E-state index is 5.18. The third-order valence-electron chi connectivity index (χ3n) is 14.5. The molecule has 16 rings (SSSR count). The van der Waals surface area contributed by atoms with Crippen LogP contribution in [0.1, 0.15) is 29.4 Å². The largest absolute Gasteiger partial charge is 2.00 e. The molecule has 0 unspecified atom stereocenters. The van der Waals surface area contributed by atoms with Crippen molar-refractivity contribution in [3.8, 4) is 0 Å². The van der Waals surface area contributed by atoms with Crippen LogP contribution in [0.25, 0.3) is 54.8 Å². The maximum Gasteiger partial charge on any atom is 2.00 e. The molecule has 408 valence electrons. The Kier molecular flexibility index (Phi) is 13.9. The van der Waals surface area contributed by atoms with Gasteiger partial charge in [-0.25, -0.2) is 29.9 Å². The smallest absolute Gasteiger partial charge is 0.383 e. The molecule has 8 aromatic carbocycles. The fourth-order valence-corrected chi connectivity index (χ4v) is 10.9. The number of para-hydroxylation sites is 8. The van der Waals surface area contributed by atoms with Gasteiger partial charge in [0.1, 0.15) is 23.2 Å². The molecule has 0 bridgehead atoms. The number of nitrogens with zero attached hydrogens (tertiary/aromatic N) is 10. The Hall–Kier alpha value is -10.0. The van der Waals surface area contributed by atoms with Crippen molar-refractivity contribution in [3.63, 3.8) is 0 Å². The fraction of sp³-hybridized carbons (Fsp3) is 0.0656. The summed E-state index contributed by atoms with van der Waals surface area (Å²) in [5.74, 6) is 4.08. The Morgan fingerprint density at radius 2 is 0.590 bits per heavy atom. The van der Waals surface area contributed by atoms with Crippen molar-refractivity contribution in [1.82, 2.24) is 50.5 Å². The Labute approximate surface area is 508 Å². The van der Waals surface area contributed by atoms with Crippen LogP contribution in [0.15, 0.2) is 238 Å². The van der Waals surface area contributed by atoms with Crippen LogP contribution >= 0.6 is 0 Å². The van der Waals surface area contributed by atoms with Gasteiger partial charge in [-0.3, -0.25) is 10.6 Å². The van der Waals surface area contributed by atoms with Crippen LogP contribution < -0.4 is 31.9 Å². The molecule has 10 N–H and O–H groups in total. The number of benzene rings is 8. The Balaban J connectivity index is 0.000000230. The molecule has 0 aliphatic carbocycles. The first kappa shape index (κ1) is 53.6. The molecule has 0 spiro atoms. The molecular formula is C61H59N20Zn2-. The number of hydrogen-bond donors (Lipinski definition) is 10. The van der Waals surface area contributed by atoms with Crippen molar-refractivity contribution in [2.24, 2.45) is 20.0 Å². The molecule has 4 aromatic heterocycles. The summed E-state index contributed by atoms with van der Waals surface area (Å²) >= 11 is 0. The van der Waals surface area contributed by atoms with E-state index >= 15 is 0 Å². The van der Waals surface area contributed by atoms with Crippen molar-refractivity contribution < 1.29 is 46.1 Å². The molecule has 4 aliphatic rings. The number of H-pyrrole nitrogens is 4. The van der Waals surface area contributed by atoms with Crippen LogP contribution in [0.4, 0.5) is 23.8 Å². The van der Waals surface area contributed by atoms with Gasteiger partial charge >= 0.3 is 19.5 Å². The maximum absolute atomic E-state index is 5.18. The molecule has 0 saturated heterocycles. The van der Waals surface area contributed by atoms with Crippen molar-refractivity contribution in [2.75, 3.05) is 21.3 Å². The van der Waals surface area contributed by atoms with Crippen LogP contribution in [0.5, 0.6) is 0 Å². The Morgan fingerprint density at radius 3 is 0.892 bits per heavy atom. The molecular weight excluding hydrogens is 1140 g/mol. The summed E-state index contributed by atoms with van der Waals surface area (Å²) in [5, 5.41) is 30.8. The van der Waals surface area contributed by atoms with E-state index in [-0.39, 0.29) is 53.5 Å². The van der Waals surface area contributed by atoms with Gasteiger partial charge in [0.2, 0.25) is 23.8 Å². The molecule has 0 radical (unpaired) electrons. The van der Waals surface area contributed by atoms with Crippen LogP contribution in [-0.4, -0.2) is 63.7 Å². The summed E-state index contributed by atoms with van der Waals surface area (Å²) in [6.07, 6.45) is 0. The van der Waals surface area contributed by atoms with E-state index in [2.05, 4.69) is 71.8 Å². The van der Waals surface area contributed by atoms with Crippen LogP contribution in [0.2, 0.25) is 0 Å². The average Bonchev–Trinajstić information content (AvgIpc) is 4.29. The first-order valence-electron chi connectivity index (χ1n) is 25.9. The number of guanidine groups is 4. The summed E-state index contributed by atoms with van der Waals surface area (Å²) in [4.78, 5) is 52.6. The van der Waals surface area contributed by atoms with Crippen molar-refractivity contribution in [2.45, 2.75) is 22.7 Å². The van der Waals surface area contributed by atoms with Crippen LogP contribution in [0.3, 0.4) is 0 Å². The fourth-order valence-electron chi connectivity index (χ4n) is 10.9. The summed E-state index contributed by atoms with van der Waals surface area (Å²) in [7, 11) is 0. The van der Waals surface area contributed by atoms with Gasteiger partial charge in [-0.1, -0.05) is 170 Å². The van der Waals surface area contributed by atoms with Gasteiger partial charge < -0.3 is 69.2 Å². The predicted molar refractivity (Wildman–Crippen MR) is 331 cm³/mol. The van der Waals surface area contributed by atoms with Gasteiger partial charge in [0.05, 0.1) is 44.1 Å². The van der Waals surface area contributed by atoms with Crippen molar-refractivity contribution in [3.05, 3.63) is 259 Å². The molecule has 0 amide bonds. The van der Waals surface area contributed by atoms with E-state index < -0.39 is 22.7 Å². The number of aliphatic imine (C=N–C) groups is 4. The van der Waals surface area contributed by atoms with E-state index in [1.54, 1.807) is 0 Å². The van der Waals surface area contributed by atoms with Crippen molar-refractivity contribution >= 4 is 91.8 Å². The molecule has 20 nitrogen and oxygen atoms in total. The number of aromatic nitrogens is 8. The van der Waals surface area contributed by atoms with E-state index in [9.17, 15) is 0 Å². The quantitative estimate of drug-likeness (QED) is 0.0508. The monoisotopic (exact) mass is 1200 g/mol. The summed E-state index contributed by atoms with van der Waals surface area (Å²) in [6, 6.07) is 71.6. The normalized spacial score (nSPS) is 20.6. The van der Waals surface area contributed by atoms with E-state index in [1.165, 1.54) is 0 Å². The zero-order valence-corrected chi connectivity index (χ0v) is 50.6. The van der Waals surface area contributed by atoms with Crippen LogP contribution in [-0.2, 0) is 61.6 Å². The van der Waals surface area contributed by atoms with E-state index in [1.807, 2.05) is 218 Å². The van der Waals surface area contributed by atoms with Gasteiger partial charge in [-0.15, -0.1) is 0 Å². The standard InChI is InChI=1S/2C30H23N10.CH3.2Zn.5H2/c2*1-3-11-19(12-4-1)29-30(20-13-5-2-6-14-20,39-27(37-29)35-25-31-21-15-7-8-16-22(21)32-25)40-28(38-29)36-26-33-23-17-9-10-18-24(23)34-26;;;;;;;;/h2*1-18H,(H5-,31,32,33,34,35,36,37,38,39,40);1H3;;;5*1H/q3*-1;;+2;;;;;/t2*29-,30+;;;;;;;;. The number of fused-ring (bicyclic) bond motifs is 6. The third kappa shape index (κ3) is 9.17. The number of anilines is 4. The summed E-state index contributed by atoms with van der Waals surface area (Å²) in [5.41, 5.74) is 6.31. The second-order valence-electron chi connectivity index (χ2n) is 19.4. The van der Waals surface area contributed by atoms with Gasteiger partial charge in [-0.2, -0.15) is 0 Å². The molecule has 4 atom stereocenters. The number of nitrogens with one attached hydrogen (secondary N) is 10. The van der Waals surface area contributed by atoms with Gasteiger partial charge in [0, 0.05) is 38.5 Å². The molecule has 0 saturated carbocycles. The molecule has 83 heavy (non-hydrogen) atoms. The average molecular weight is 1200 g/mol. The summed E-state index contributed by atoms with van der Waals surface area (Å²) in [6.45, 7) is 0. The minimum atomic E-state index is -1.14. The Morgan fingerprint density at radius 1 is 0.325 bits per heavy atom. The van der Waals surface area contributed by atoms with Gasteiger partial charge in [0.25, 0.3) is 0 Å². The second-order valence-corrected chi connectivity index (χ2v) is 19.4. The van der Waals surface area contributed by atoms with Gasteiger partial charge in [0.15, 0.2) is 11.3 Å². The molecule has 12 aromatic rings. The molecule has 4 aliphatic heterocycles. The first-order valence-corrected chi connectivity index (χ1v) is 25.9. The molecule has 8 heterocycles. The first-order chi connectivity index (χ1) is 39.4. The van der Waals surface area contributed by atoms with E-state index in [0.29, 0.717) is 47.6 Å². The topological polar surface area (TPSA) is 265 Å². The molecule has 0 fully saturated rings. The minimum absolute atomic E-state index is 0. The third-order valence-corrected chi connectivity index (χ3v) is 14.5. The van der Waals surface area contributed by atoms with Crippen molar-refractivity contribution in [1.29, 1.82) is 0 Å². The van der Waals surface area contributed by atoms with E-state index in [0.717, 1.165) is 66.4 Å². The zero-order chi connectivity index (χ0) is 53.1. The SMILES string of the molecule is [CH3-].[HH].[HH].[HH].[HH].[HH].[Zn+2].[Zn].c1ccc([C@]23N=C(Nc4nc5ccccc5[nH]4)N[C@@]2(c2ccccc2)N=C(Nc2nc4ccccc4[nH]2)[N-]3)cc1.c1ccc([C@]23N=C(Nc4nc5ccccc5[nH]4)N[C@@]2(c2ccccc2)N=C(Nc2nc4ccccc4[nH]2)[N-]3)cc1. The van der Waals surface area contributed by atoms with Crippen LogP contribution in [0, 0.1) is 7.43 Å². The number of hydrogen-bond acceptors (Lipinski definition) is 14. The molecule has 22 heteroatoms. The summed E-state index contributed by atoms with van der Waals surface area (Å²) < 4.78 is 0. The zero-order valence-electron chi connectivity index (χ0n) is 44.7. The predicted octanol–water partition coefficient (Wildman–Crippen LogP) is 12.4.